The molecular weight excluding hydrogens is 337 g/mol. The summed E-state index contributed by atoms with van der Waals surface area (Å²) in [7, 11) is 0. The maximum absolute atomic E-state index is 8.43. The maximum Gasteiger partial charge on any atom is 0.0780 e. The molecule has 22 heavy (non-hydrogen) atoms. The topological polar surface area (TPSA) is 4.93 Å². The molecule has 0 unspecified atom stereocenters. The molecule has 1 heterocycles. The van der Waals surface area contributed by atoms with Gasteiger partial charge in [-0.1, -0.05) is 71.1 Å². The average Bonchev–Trinajstić information content (AvgIpc) is 3.07. The largest absolute Gasteiger partial charge is 0.309 e. The Morgan fingerprint density at radius 1 is 0.727 bits per heavy atom. The lowest BCUT2D eigenvalue weighted by Gasteiger charge is -2.10. The lowest BCUT2D eigenvalue weighted by atomic mass is 10.2. The highest BCUT2D eigenvalue weighted by molar-refractivity contribution is 6.48. The molecule has 0 fully saturated rings. The highest BCUT2D eigenvalue weighted by Crippen LogP contribution is 2.36. The van der Waals surface area contributed by atoms with Gasteiger partial charge in [0.1, 0.15) is 0 Å². The predicted octanol–water partition coefficient (Wildman–Crippen LogP) is 6.74. The highest BCUT2D eigenvalue weighted by atomic mass is 35.5. The number of rotatable bonds is 1. The molecule has 0 saturated heterocycles. The van der Waals surface area contributed by atoms with Crippen LogP contribution in [-0.2, 0) is 0 Å². The van der Waals surface area contributed by atoms with Crippen molar-refractivity contribution in [1.29, 1.82) is 0 Å². The normalized spacial score (nSPS) is 16.5. The van der Waals surface area contributed by atoms with Gasteiger partial charge >= 0.3 is 0 Å². The molecule has 4 rings (SSSR count). The van der Waals surface area contributed by atoms with Crippen LogP contribution in [0.15, 0.2) is 60.5 Å². The van der Waals surface area contributed by atoms with Crippen LogP contribution in [0, 0.1) is 0 Å². The molecule has 1 aromatic heterocycles. The Balaban J connectivity index is 2.42. The van der Waals surface area contributed by atoms with Crippen molar-refractivity contribution in [3.8, 4) is 5.69 Å². The molecule has 0 radical (unpaired) electrons. The molecule has 0 saturated carbocycles. The van der Waals surface area contributed by atoms with E-state index in [1.165, 1.54) is 16.7 Å². The van der Waals surface area contributed by atoms with Gasteiger partial charge in [0.25, 0.3) is 0 Å². The van der Waals surface area contributed by atoms with Gasteiger partial charge in [0, 0.05) is 16.5 Å². The fraction of sp³-hybridized carbons (Fsp3) is 0. The minimum absolute atomic E-state index is 0.0162. The zero-order chi connectivity index (χ0) is 22.2. The summed E-state index contributed by atoms with van der Waals surface area (Å²) in [5, 5.41) is 0.203. The zero-order valence-corrected chi connectivity index (χ0v) is 13.0. The molecule has 0 amide bonds. The highest BCUT2D eigenvalue weighted by Gasteiger charge is 2.13. The fourth-order valence-electron chi connectivity index (χ4n) is 2.35. The lowest BCUT2D eigenvalue weighted by Crippen LogP contribution is -1.94. The van der Waals surface area contributed by atoms with Crippen LogP contribution in [0.3, 0.4) is 0 Å². The monoisotopic (exact) mass is 353 g/mol. The molecule has 0 spiro atoms. The average molecular weight is 355 g/mol. The molecule has 108 valence electrons. The van der Waals surface area contributed by atoms with Gasteiger partial charge < -0.3 is 4.57 Å². The van der Waals surface area contributed by atoms with Crippen LogP contribution in [0.2, 0.25) is 15.1 Å². The summed E-state index contributed by atoms with van der Waals surface area (Å²) in [5.41, 5.74) is 0.208. The summed E-state index contributed by atoms with van der Waals surface area (Å²) in [4.78, 5) is 0. The Labute approximate surface area is 153 Å². The van der Waals surface area contributed by atoms with Gasteiger partial charge in [0.05, 0.1) is 37.1 Å². The standard InChI is InChI=1S/C18H10Cl3N/c19-14-9-11(10-15(20)18(14)21)22-16-7-3-1-5-12(16)13-6-2-4-8-17(13)22/h1-10H/i1D,2D,3D,4D,5D,6D,7D,8D. The molecule has 4 heteroatoms. The molecule has 0 aliphatic carbocycles. The number of halogens is 3. The molecule has 0 aliphatic heterocycles. The maximum atomic E-state index is 8.43. The van der Waals surface area contributed by atoms with E-state index in [1.807, 2.05) is 0 Å². The van der Waals surface area contributed by atoms with Crippen molar-refractivity contribution in [3.05, 3.63) is 75.5 Å². The minimum atomic E-state index is -0.508. The van der Waals surface area contributed by atoms with E-state index in [1.54, 1.807) is 0 Å². The van der Waals surface area contributed by atoms with Gasteiger partial charge in [0.15, 0.2) is 0 Å². The Morgan fingerprint density at radius 2 is 1.18 bits per heavy atom. The molecule has 3 aromatic carbocycles. The van der Waals surface area contributed by atoms with Crippen molar-refractivity contribution in [3.63, 3.8) is 0 Å². The van der Waals surface area contributed by atoms with E-state index < -0.39 is 48.3 Å². The number of hydrogen-bond donors (Lipinski definition) is 0. The number of benzene rings is 3. The van der Waals surface area contributed by atoms with Crippen LogP contribution >= 0.6 is 34.8 Å². The smallest absolute Gasteiger partial charge is 0.0780 e. The van der Waals surface area contributed by atoms with E-state index in [-0.39, 0.29) is 42.6 Å². The van der Waals surface area contributed by atoms with Gasteiger partial charge in [-0.05, 0) is 24.2 Å². The molecule has 0 aliphatic rings. The molecule has 0 atom stereocenters. The summed E-state index contributed by atoms with van der Waals surface area (Å²) < 4.78 is 67.0. The van der Waals surface area contributed by atoms with E-state index in [9.17, 15) is 0 Å². The number of fused-ring (bicyclic) bond motifs is 3. The first kappa shape index (κ1) is 7.74. The summed E-state index contributed by atoms with van der Waals surface area (Å²) >= 11 is 18.4. The fourth-order valence-corrected chi connectivity index (χ4v) is 2.93. The van der Waals surface area contributed by atoms with E-state index in [0.29, 0.717) is 0 Å². The van der Waals surface area contributed by atoms with Crippen molar-refractivity contribution in [1.82, 2.24) is 4.57 Å². The molecule has 4 aromatic rings. The van der Waals surface area contributed by atoms with Crippen molar-refractivity contribution >= 4 is 56.6 Å². The molecular formula is C18H10Cl3N. The third-order valence-electron chi connectivity index (χ3n) is 3.26. The molecule has 0 N–H and O–H groups in total. The molecule has 1 nitrogen and oxygen atoms in total. The first-order valence-corrected chi connectivity index (χ1v) is 7.28. The third-order valence-corrected chi connectivity index (χ3v) is 4.46. The number of nitrogens with zero attached hydrogens (tertiary/aromatic N) is 1. The van der Waals surface area contributed by atoms with Crippen molar-refractivity contribution in [2.24, 2.45) is 0 Å². The second-order valence-electron chi connectivity index (χ2n) is 4.51. The second-order valence-corrected chi connectivity index (χ2v) is 5.70. The Hall–Kier alpha value is -1.67. The minimum Gasteiger partial charge on any atom is -0.309 e. The van der Waals surface area contributed by atoms with Crippen LogP contribution in [0.25, 0.3) is 27.5 Å². The van der Waals surface area contributed by atoms with Crippen LogP contribution < -0.4 is 0 Å². The van der Waals surface area contributed by atoms with Gasteiger partial charge in [-0.3, -0.25) is 0 Å². The number of hydrogen-bond acceptors (Lipinski definition) is 0. The van der Waals surface area contributed by atoms with Crippen LogP contribution in [0.1, 0.15) is 11.0 Å². The Morgan fingerprint density at radius 3 is 1.68 bits per heavy atom. The quantitative estimate of drug-likeness (QED) is 0.333. The lowest BCUT2D eigenvalue weighted by molar-refractivity contribution is 1.18. The Kier molecular flexibility index (Phi) is 1.83. The Bertz CT molecular complexity index is 1310. The van der Waals surface area contributed by atoms with Gasteiger partial charge in [-0.15, -0.1) is 0 Å². The summed E-state index contributed by atoms with van der Waals surface area (Å²) in [6, 6.07) is -0.818. The number of para-hydroxylation sites is 2. The van der Waals surface area contributed by atoms with Crippen LogP contribution in [-0.4, -0.2) is 4.57 Å². The molecule has 0 bridgehead atoms. The van der Waals surface area contributed by atoms with Crippen LogP contribution in [0.5, 0.6) is 0 Å². The summed E-state index contributed by atoms with van der Waals surface area (Å²) in [6.45, 7) is 0. The van der Waals surface area contributed by atoms with Crippen molar-refractivity contribution in [2.75, 3.05) is 0 Å². The van der Waals surface area contributed by atoms with Gasteiger partial charge in [-0.25, -0.2) is 0 Å². The zero-order valence-electron chi connectivity index (χ0n) is 18.7. The first-order chi connectivity index (χ1) is 14.0. The van der Waals surface area contributed by atoms with E-state index in [2.05, 4.69) is 0 Å². The van der Waals surface area contributed by atoms with Crippen molar-refractivity contribution < 1.29 is 11.0 Å². The first-order valence-electron chi connectivity index (χ1n) is 10.1. The van der Waals surface area contributed by atoms with E-state index in [0.717, 1.165) is 0 Å². The van der Waals surface area contributed by atoms with Gasteiger partial charge in [0.2, 0.25) is 0 Å². The van der Waals surface area contributed by atoms with E-state index in [4.69, 9.17) is 45.8 Å². The number of aromatic nitrogens is 1. The second kappa shape index (κ2) is 5.20. The van der Waals surface area contributed by atoms with E-state index >= 15 is 0 Å². The van der Waals surface area contributed by atoms with Gasteiger partial charge in [-0.2, -0.15) is 0 Å². The van der Waals surface area contributed by atoms with Crippen LogP contribution in [0.4, 0.5) is 0 Å². The van der Waals surface area contributed by atoms with Crippen molar-refractivity contribution in [2.45, 2.75) is 0 Å². The summed E-state index contributed by atoms with van der Waals surface area (Å²) in [6.07, 6.45) is 0. The third kappa shape index (κ3) is 2.01. The summed E-state index contributed by atoms with van der Waals surface area (Å²) in [5.74, 6) is 0. The SMILES string of the molecule is [2H]c1c([2H])c([2H])c2c(c1[2H])c1c([2H])c([2H])c([2H])c([2H])c1n2-c1cc(Cl)c(Cl)c(Cl)c1. The predicted molar refractivity (Wildman–Crippen MR) is 95.8 cm³/mol.